The lowest BCUT2D eigenvalue weighted by Crippen LogP contribution is -2.02. The highest BCUT2D eigenvalue weighted by molar-refractivity contribution is 6.16. The van der Waals surface area contributed by atoms with Gasteiger partial charge in [0.15, 0.2) is 11.6 Å². The molecule has 0 saturated carbocycles. The van der Waals surface area contributed by atoms with Crippen LogP contribution in [0.25, 0.3) is 27.5 Å². The summed E-state index contributed by atoms with van der Waals surface area (Å²) in [5.41, 5.74) is 5.69. The number of fused-ring (bicyclic) bond motifs is 3. The van der Waals surface area contributed by atoms with Gasteiger partial charge in [-0.05, 0) is 104 Å². The Kier molecular flexibility index (Phi) is 7.64. The number of hydrogen-bond acceptors (Lipinski definition) is 7. The molecule has 0 saturated heterocycles. The molecule has 8 heteroatoms. The van der Waals surface area contributed by atoms with Crippen molar-refractivity contribution in [1.29, 1.82) is 0 Å². The first-order chi connectivity index (χ1) is 21.3. The normalized spacial score (nSPS) is 11.6. The minimum Gasteiger partial charge on any atom is -0.486 e. The van der Waals surface area contributed by atoms with E-state index in [1.165, 1.54) is 13.8 Å². The third-order valence-electron chi connectivity index (χ3n) is 7.37. The number of ether oxygens (including phenoxy) is 1. The molecule has 0 atom stereocenters. The Hall–Kier alpha value is -5.76. The predicted octanol–water partition coefficient (Wildman–Crippen LogP) is 7.68. The molecule has 0 radical (unpaired) electrons. The standard InChI is InChI=1S/C36H28N2O6/c1-22(37-44-24(3)40)25-6-12-29(13-7-25)38-34-16-10-27(23(2)39)19-32(34)33-20-28(11-17-35(33)38)36(41)26-8-14-30(15-9-26)43-21-31-5-4-18-42-31/h4-20H,21H2,1-3H3. The maximum Gasteiger partial charge on any atom is 0.331 e. The average Bonchev–Trinajstić information content (AvgIpc) is 3.68. The maximum absolute atomic E-state index is 13.6. The molecular formula is C36H28N2O6. The predicted molar refractivity (Wildman–Crippen MR) is 168 cm³/mol. The number of oxime groups is 1. The molecule has 218 valence electrons. The Morgan fingerprint density at radius 1 is 0.727 bits per heavy atom. The molecule has 0 fully saturated rings. The van der Waals surface area contributed by atoms with Crippen LogP contribution in [0.1, 0.15) is 58.4 Å². The third kappa shape index (κ3) is 5.65. The highest BCUT2D eigenvalue weighted by atomic mass is 16.7. The van der Waals surface area contributed by atoms with Gasteiger partial charge in [0, 0.05) is 40.1 Å². The van der Waals surface area contributed by atoms with E-state index >= 15 is 0 Å². The molecule has 6 aromatic rings. The minimum absolute atomic E-state index is 0.0405. The summed E-state index contributed by atoms with van der Waals surface area (Å²) in [6.45, 7) is 4.90. The number of aromatic nitrogens is 1. The van der Waals surface area contributed by atoms with Crippen LogP contribution in [0.2, 0.25) is 0 Å². The van der Waals surface area contributed by atoms with Crippen LogP contribution in [0.5, 0.6) is 5.75 Å². The van der Waals surface area contributed by atoms with E-state index in [1.807, 2.05) is 66.7 Å². The molecule has 2 aromatic heterocycles. The first kappa shape index (κ1) is 28.4. The van der Waals surface area contributed by atoms with E-state index in [0.717, 1.165) is 33.1 Å². The molecule has 44 heavy (non-hydrogen) atoms. The average molecular weight is 585 g/mol. The summed E-state index contributed by atoms with van der Waals surface area (Å²) < 4.78 is 13.1. The van der Waals surface area contributed by atoms with Crippen molar-refractivity contribution in [1.82, 2.24) is 4.57 Å². The number of carbonyl (C=O) groups excluding carboxylic acids is 3. The van der Waals surface area contributed by atoms with Crippen molar-refractivity contribution >= 4 is 45.1 Å². The van der Waals surface area contributed by atoms with Gasteiger partial charge in [0.05, 0.1) is 23.0 Å². The molecule has 2 heterocycles. The van der Waals surface area contributed by atoms with Crippen molar-refractivity contribution in [2.45, 2.75) is 27.4 Å². The molecule has 0 aliphatic rings. The smallest absolute Gasteiger partial charge is 0.331 e. The largest absolute Gasteiger partial charge is 0.486 e. The van der Waals surface area contributed by atoms with Crippen LogP contribution < -0.4 is 4.74 Å². The summed E-state index contributed by atoms with van der Waals surface area (Å²) in [7, 11) is 0. The van der Waals surface area contributed by atoms with E-state index in [4.69, 9.17) is 14.0 Å². The minimum atomic E-state index is -0.485. The van der Waals surface area contributed by atoms with Gasteiger partial charge < -0.3 is 18.6 Å². The molecule has 0 amide bonds. The van der Waals surface area contributed by atoms with Gasteiger partial charge >= 0.3 is 5.97 Å². The van der Waals surface area contributed by atoms with E-state index in [1.54, 1.807) is 43.5 Å². The van der Waals surface area contributed by atoms with Crippen LogP contribution in [0.4, 0.5) is 0 Å². The number of furan rings is 1. The number of Topliss-reactive ketones (excluding diaryl/α,β-unsaturated/α-hetero) is 1. The van der Waals surface area contributed by atoms with E-state index in [-0.39, 0.29) is 11.6 Å². The summed E-state index contributed by atoms with van der Waals surface area (Å²) in [5, 5.41) is 5.59. The molecule has 6 rings (SSSR count). The quantitative estimate of drug-likeness (QED) is 0.0748. The van der Waals surface area contributed by atoms with Crippen molar-refractivity contribution in [2.75, 3.05) is 0 Å². The van der Waals surface area contributed by atoms with Crippen LogP contribution >= 0.6 is 0 Å². The molecule has 8 nitrogen and oxygen atoms in total. The van der Waals surface area contributed by atoms with Gasteiger partial charge in [-0.2, -0.15) is 0 Å². The summed E-state index contributed by atoms with van der Waals surface area (Å²) in [4.78, 5) is 41.8. The van der Waals surface area contributed by atoms with Crippen LogP contribution in [-0.4, -0.2) is 27.8 Å². The Bertz CT molecular complexity index is 2050. The van der Waals surface area contributed by atoms with Gasteiger partial charge in [0.1, 0.15) is 18.1 Å². The Morgan fingerprint density at radius 2 is 1.34 bits per heavy atom. The summed E-state index contributed by atoms with van der Waals surface area (Å²) >= 11 is 0. The summed E-state index contributed by atoms with van der Waals surface area (Å²) in [6, 6.07) is 29.6. The van der Waals surface area contributed by atoms with Crippen molar-refractivity contribution in [3.05, 3.63) is 131 Å². The number of benzene rings is 4. The zero-order valence-electron chi connectivity index (χ0n) is 24.4. The number of nitrogens with zero attached hydrogens (tertiary/aromatic N) is 2. The lowest BCUT2D eigenvalue weighted by atomic mass is 10.0. The van der Waals surface area contributed by atoms with Crippen molar-refractivity contribution in [2.24, 2.45) is 5.16 Å². The van der Waals surface area contributed by atoms with Crippen molar-refractivity contribution < 1.29 is 28.4 Å². The molecule has 0 spiro atoms. The van der Waals surface area contributed by atoms with E-state index in [0.29, 0.717) is 40.5 Å². The maximum atomic E-state index is 13.6. The van der Waals surface area contributed by atoms with Gasteiger partial charge in [0.2, 0.25) is 0 Å². The van der Waals surface area contributed by atoms with Crippen molar-refractivity contribution in [3.8, 4) is 11.4 Å². The van der Waals surface area contributed by atoms with Crippen LogP contribution in [0.3, 0.4) is 0 Å². The summed E-state index contributed by atoms with van der Waals surface area (Å²) in [5.74, 6) is 0.694. The highest BCUT2D eigenvalue weighted by Crippen LogP contribution is 2.34. The number of hydrogen-bond donors (Lipinski definition) is 0. The number of ketones is 2. The molecular weight excluding hydrogens is 556 g/mol. The SMILES string of the molecule is CC(=O)ON=C(C)c1ccc(-n2c3ccc(C(C)=O)cc3c3cc(C(=O)c4ccc(OCc5ccco5)cc4)ccc32)cc1. The monoisotopic (exact) mass is 584 g/mol. The van der Waals surface area contributed by atoms with Gasteiger partial charge in [0.25, 0.3) is 0 Å². The Balaban J connectivity index is 1.37. The molecule has 0 unspecified atom stereocenters. The molecule has 0 aliphatic carbocycles. The molecule has 0 aliphatic heterocycles. The fourth-order valence-corrected chi connectivity index (χ4v) is 5.12. The van der Waals surface area contributed by atoms with Crippen LogP contribution in [0, 0.1) is 0 Å². The molecule has 4 aromatic carbocycles. The first-order valence-electron chi connectivity index (χ1n) is 14.0. The van der Waals surface area contributed by atoms with Crippen LogP contribution in [0.15, 0.2) is 113 Å². The molecule has 0 bridgehead atoms. The lowest BCUT2D eigenvalue weighted by molar-refractivity contribution is -0.140. The van der Waals surface area contributed by atoms with Gasteiger partial charge in [-0.25, -0.2) is 4.79 Å². The van der Waals surface area contributed by atoms with Crippen LogP contribution in [-0.2, 0) is 16.2 Å². The molecule has 0 N–H and O–H groups in total. The Labute approximate surface area is 253 Å². The van der Waals surface area contributed by atoms with Crippen molar-refractivity contribution in [3.63, 3.8) is 0 Å². The topological polar surface area (TPSA) is 100 Å². The van der Waals surface area contributed by atoms with Gasteiger partial charge in [-0.15, -0.1) is 0 Å². The lowest BCUT2D eigenvalue weighted by Gasteiger charge is -2.10. The fourth-order valence-electron chi connectivity index (χ4n) is 5.12. The second kappa shape index (κ2) is 11.9. The Morgan fingerprint density at radius 3 is 1.95 bits per heavy atom. The summed E-state index contributed by atoms with van der Waals surface area (Å²) in [6.07, 6.45) is 1.59. The van der Waals surface area contributed by atoms with Gasteiger partial charge in [-0.3, -0.25) is 9.59 Å². The second-order valence-electron chi connectivity index (χ2n) is 10.4. The second-order valence-corrected chi connectivity index (χ2v) is 10.4. The fraction of sp³-hybridized carbons (Fsp3) is 0.111. The zero-order valence-corrected chi connectivity index (χ0v) is 24.4. The third-order valence-corrected chi connectivity index (χ3v) is 7.37. The van der Waals surface area contributed by atoms with E-state index < -0.39 is 5.97 Å². The number of rotatable bonds is 9. The van der Waals surface area contributed by atoms with E-state index in [9.17, 15) is 14.4 Å². The van der Waals surface area contributed by atoms with E-state index in [2.05, 4.69) is 9.72 Å². The highest BCUT2D eigenvalue weighted by Gasteiger charge is 2.17. The van der Waals surface area contributed by atoms with Gasteiger partial charge in [-0.1, -0.05) is 17.3 Å². The zero-order chi connectivity index (χ0) is 30.8. The number of carbonyl (C=O) groups is 3. The first-order valence-corrected chi connectivity index (χ1v) is 14.0.